The summed E-state index contributed by atoms with van der Waals surface area (Å²) in [6, 6.07) is 15.9. The second-order valence-corrected chi connectivity index (χ2v) is 5.43. The van der Waals surface area contributed by atoms with Gasteiger partial charge in [0.05, 0.1) is 12.7 Å². The van der Waals surface area contributed by atoms with Gasteiger partial charge in [0.1, 0.15) is 0 Å². The number of hydrogen-bond acceptors (Lipinski definition) is 4. The predicted molar refractivity (Wildman–Crippen MR) is 94.2 cm³/mol. The molecule has 0 radical (unpaired) electrons. The van der Waals surface area contributed by atoms with Crippen LogP contribution in [0.5, 0.6) is 0 Å². The summed E-state index contributed by atoms with van der Waals surface area (Å²) in [5, 5.41) is 5.36. The van der Waals surface area contributed by atoms with Gasteiger partial charge in [-0.1, -0.05) is 30.3 Å². The average Bonchev–Trinajstić information content (AvgIpc) is 3.10. The summed E-state index contributed by atoms with van der Waals surface area (Å²) in [4.78, 5) is 27.3. The number of rotatable bonds is 5. The van der Waals surface area contributed by atoms with E-state index in [1.807, 2.05) is 30.3 Å². The van der Waals surface area contributed by atoms with Gasteiger partial charge in [0.15, 0.2) is 11.5 Å². The Balaban J connectivity index is 1.54. The van der Waals surface area contributed by atoms with Crippen molar-refractivity contribution in [2.24, 2.45) is 0 Å². The number of nitrogens with one attached hydrogen (secondary N) is 2. The van der Waals surface area contributed by atoms with Crippen molar-refractivity contribution in [1.29, 1.82) is 0 Å². The lowest BCUT2D eigenvalue weighted by molar-refractivity contribution is 0.101. The summed E-state index contributed by atoms with van der Waals surface area (Å²) in [7, 11) is 0. The van der Waals surface area contributed by atoms with Crippen molar-refractivity contribution in [3.8, 4) is 11.3 Å². The highest BCUT2D eigenvalue weighted by Crippen LogP contribution is 2.19. The van der Waals surface area contributed by atoms with Gasteiger partial charge in [0, 0.05) is 16.8 Å². The Hall–Kier alpha value is -3.41. The van der Waals surface area contributed by atoms with E-state index >= 15 is 0 Å². The van der Waals surface area contributed by atoms with Gasteiger partial charge in [-0.25, -0.2) is 9.78 Å². The van der Waals surface area contributed by atoms with Crippen LogP contribution >= 0.6 is 0 Å². The molecule has 126 valence electrons. The molecule has 0 aliphatic heterocycles. The van der Waals surface area contributed by atoms with Gasteiger partial charge in [-0.15, -0.1) is 0 Å². The molecule has 0 aliphatic rings. The van der Waals surface area contributed by atoms with Crippen LogP contribution in [0.25, 0.3) is 11.3 Å². The van der Waals surface area contributed by atoms with Gasteiger partial charge in [0.2, 0.25) is 5.89 Å². The molecule has 25 heavy (non-hydrogen) atoms. The number of hydrogen-bond donors (Lipinski definition) is 2. The second kappa shape index (κ2) is 7.44. The first-order valence-electron chi connectivity index (χ1n) is 7.78. The van der Waals surface area contributed by atoms with Gasteiger partial charge in [-0.2, -0.15) is 0 Å². The molecule has 0 fully saturated rings. The smallest absolute Gasteiger partial charge is 0.319 e. The van der Waals surface area contributed by atoms with E-state index in [9.17, 15) is 9.59 Å². The summed E-state index contributed by atoms with van der Waals surface area (Å²) in [6.07, 6.45) is 1.63. The first-order valence-corrected chi connectivity index (χ1v) is 7.78. The minimum Gasteiger partial charge on any atom is -0.439 e. The maximum Gasteiger partial charge on any atom is 0.319 e. The zero-order valence-corrected chi connectivity index (χ0v) is 13.7. The summed E-state index contributed by atoms with van der Waals surface area (Å²) in [5.41, 5.74) is 2.12. The molecule has 2 N–H and O–H groups in total. The number of aromatic nitrogens is 1. The van der Waals surface area contributed by atoms with Gasteiger partial charge >= 0.3 is 6.03 Å². The second-order valence-electron chi connectivity index (χ2n) is 5.43. The first kappa shape index (κ1) is 16.4. The van der Waals surface area contributed by atoms with E-state index in [2.05, 4.69) is 15.6 Å². The van der Waals surface area contributed by atoms with Crippen molar-refractivity contribution < 1.29 is 14.0 Å². The van der Waals surface area contributed by atoms with E-state index < -0.39 is 0 Å². The molecule has 6 heteroatoms. The third kappa shape index (κ3) is 4.32. The van der Waals surface area contributed by atoms with E-state index in [1.165, 1.54) is 6.92 Å². The third-order valence-electron chi connectivity index (χ3n) is 3.56. The average molecular weight is 335 g/mol. The van der Waals surface area contributed by atoms with E-state index in [-0.39, 0.29) is 18.4 Å². The molecular formula is C19H17N3O3. The van der Waals surface area contributed by atoms with Crippen LogP contribution in [-0.4, -0.2) is 16.8 Å². The predicted octanol–water partition coefficient (Wildman–Crippen LogP) is 3.87. The lowest BCUT2D eigenvalue weighted by atomic mass is 10.1. The number of nitrogens with zero attached hydrogens (tertiary/aromatic N) is 1. The zero-order chi connectivity index (χ0) is 17.6. The summed E-state index contributed by atoms with van der Waals surface area (Å²) in [6.45, 7) is 1.67. The number of ketones is 1. The SMILES string of the molecule is CC(=O)c1ccc(NC(=O)NCc2ncc(-c3ccccc3)o2)cc1. The maximum atomic E-state index is 11.9. The Morgan fingerprint density at radius 3 is 2.44 bits per heavy atom. The number of urea groups is 1. The normalized spacial score (nSPS) is 10.3. The lowest BCUT2D eigenvalue weighted by Gasteiger charge is -2.06. The largest absolute Gasteiger partial charge is 0.439 e. The van der Waals surface area contributed by atoms with E-state index in [0.717, 1.165) is 5.56 Å². The fourth-order valence-corrected chi connectivity index (χ4v) is 2.25. The molecule has 3 aromatic rings. The fraction of sp³-hybridized carbons (Fsp3) is 0.105. The first-order chi connectivity index (χ1) is 12.1. The topological polar surface area (TPSA) is 84.2 Å². The number of Topliss-reactive ketones (excluding diaryl/α,β-unsaturated/α-hetero) is 1. The number of oxazole rings is 1. The lowest BCUT2D eigenvalue weighted by Crippen LogP contribution is -2.28. The summed E-state index contributed by atoms with van der Waals surface area (Å²) < 4.78 is 5.62. The molecule has 0 aliphatic carbocycles. The standard InChI is InChI=1S/C19H17N3O3/c1-13(23)14-7-9-16(10-8-14)22-19(24)21-12-18-20-11-17(25-18)15-5-3-2-4-6-15/h2-11H,12H2,1H3,(H2,21,22,24). The molecular weight excluding hydrogens is 318 g/mol. The third-order valence-corrected chi connectivity index (χ3v) is 3.56. The molecule has 2 aromatic carbocycles. The van der Waals surface area contributed by atoms with Crippen molar-refractivity contribution in [1.82, 2.24) is 10.3 Å². The number of carbonyl (C=O) groups is 2. The Bertz CT molecular complexity index is 870. The minimum atomic E-state index is -0.380. The Kier molecular flexibility index (Phi) is 4.89. The summed E-state index contributed by atoms with van der Waals surface area (Å²) >= 11 is 0. The maximum absolute atomic E-state index is 11.9. The Labute approximate surface area is 144 Å². The van der Waals surface area contributed by atoms with Crippen molar-refractivity contribution in [2.75, 3.05) is 5.32 Å². The molecule has 0 bridgehead atoms. The molecule has 0 saturated carbocycles. The zero-order valence-electron chi connectivity index (χ0n) is 13.7. The van der Waals surface area contributed by atoms with Crippen LogP contribution in [0.3, 0.4) is 0 Å². The number of benzene rings is 2. The van der Waals surface area contributed by atoms with Crippen molar-refractivity contribution in [2.45, 2.75) is 13.5 Å². The number of amides is 2. The Morgan fingerprint density at radius 1 is 1.04 bits per heavy atom. The highest BCUT2D eigenvalue weighted by molar-refractivity contribution is 5.95. The van der Waals surface area contributed by atoms with Gasteiger partial charge < -0.3 is 15.1 Å². The summed E-state index contributed by atoms with van der Waals surface area (Å²) in [5.74, 6) is 1.05. The van der Waals surface area contributed by atoms with Crippen LogP contribution in [0.2, 0.25) is 0 Å². The molecule has 0 unspecified atom stereocenters. The Morgan fingerprint density at radius 2 is 1.76 bits per heavy atom. The molecule has 3 rings (SSSR count). The molecule has 0 saturated heterocycles. The molecule has 2 amide bonds. The van der Waals surface area contributed by atoms with Crippen LogP contribution in [0.4, 0.5) is 10.5 Å². The molecule has 1 aromatic heterocycles. The van der Waals surface area contributed by atoms with E-state index in [1.54, 1.807) is 30.5 Å². The minimum absolute atomic E-state index is 0.0193. The molecule has 1 heterocycles. The highest BCUT2D eigenvalue weighted by Gasteiger charge is 2.08. The van der Waals surface area contributed by atoms with Gasteiger partial charge in [0.25, 0.3) is 0 Å². The van der Waals surface area contributed by atoms with Crippen molar-refractivity contribution >= 4 is 17.5 Å². The van der Waals surface area contributed by atoms with Crippen molar-refractivity contribution in [3.63, 3.8) is 0 Å². The monoisotopic (exact) mass is 335 g/mol. The van der Waals surface area contributed by atoms with Crippen LogP contribution in [0.15, 0.2) is 65.2 Å². The fourth-order valence-electron chi connectivity index (χ4n) is 2.25. The quantitative estimate of drug-likeness (QED) is 0.693. The number of carbonyl (C=O) groups excluding carboxylic acids is 2. The molecule has 6 nitrogen and oxygen atoms in total. The van der Waals surface area contributed by atoms with Crippen LogP contribution in [0.1, 0.15) is 23.2 Å². The van der Waals surface area contributed by atoms with Gasteiger partial charge in [-0.05, 0) is 31.2 Å². The van der Waals surface area contributed by atoms with E-state index in [0.29, 0.717) is 22.9 Å². The van der Waals surface area contributed by atoms with Crippen LogP contribution in [0, 0.1) is 0 Å². The molecule has 0 atom stereocenters. The van der Waals surface area contributed by atoms with Gasteiger partial charge in [-0.3, -0.25) is 4.79 Å². The van der Waals surface area contributed by atoms with E-state index in [4.69, 9.17) is 4.42 Å². The highest BCUT2D eigenvalue weighted by atomic mass is 16.4. The van der Waals surface area contributed by atoms with Crippen LogP contribution in [-0.2, 0) is 6.54 Å². The number of anilines is 1. The molecule has 0 spiro atoms. The van der Waals surface area contributed by atoms with Crippen LogP contribution < -0.4 is 10.6 Å². The van der Waals surface area contributed by atoms with Crippen molar-refractivity contribution in [3.05, 3.63) is 72.2 Å².